The predicted octanol–water partition coefficient (Wildman–Crippen LogP) is 2.55. The zero-order valence-electron chi connectivity index (χ0n) is 11.7. The summed E-state index contributed by atoms with van der Waals surface area (Å²) in [7, 11) is 0. The van der Waals surface area contributed by atoms with Gasteiger partial charge in [0.05, 0.1) is 21.5 Å². The Kier molecular flexibility index (Phi) is 3.78. The van der Waals surface area contributed by atoms with E-state index in [9.17, 15) is 19.7 Å². The van der Waals surface area contributed by atoms with E-state index in [1.54, 1.807) is 0 Å². The number of thioether (sulfide) groups is 1. The zero-order chi connectivity index (χ0) is 16.6. The molecular formula is C14H10N2O6S. The third kappa shape index (κ3) is 2.66. The minimum atomic E-state index is -0.582. The Hall–Kier alpha value is -2.81. The van der Waals surface area contributed by atoms with E-state index in [1.165, 1.54) is 24.3 Å². The Balaban J connectivity index is 2.02. The topological polar surface area (TPSA) is 99.0 Å². The number of rotatable bonds is 4. The van der Waals surface area contributed by atoms with E-state index in [0.717, 1.165) is 16.7 Å². The first-order valence-corrected chi connectivity index (χ1v) is 7.27. The van der Waals surface area contributed by atoms with E-state index in [4.69, 9.17) is 9.47 Å². The van der Waals surface area contributed by atoms with Crippen molar-refractivity contribution in [2.75, 3.05) is 13.3 Å². The summed E-state index contributed by atoms with van der Waals surface area (Å²) in [5.74, 6) is 0.118. The van der Waals surface area contributed by atoms with Crippen LogP contribution in [-0.4, -0.2) is 34.3 Å². The molecule has 0 atom stereocenters. The van der Waals surface area contributed by atoms with E-state index in [0.29, 0.717) is 5.75 Å². The van der Waals surface area contributed by atoms with Crippen molar-refractivity contribution >= 4 is 34.7 Å². The van der Waals surface area contributed by atoms with Gasteiger partial charge in [-0.05, 0) is 23.9 Å². The highest BCUT2D eigenvalue weighted by molar-refractivity contribution is 8.18. The number of amides is 2. The highest BCUT2D eigenvalue weighted by Crippen LogP contribution is 2.40. The van der Waals surface area contributed by atoms with Crippen molar-refractivity contribution in [1.29, 1.82) is 0 Å². The second-order valence-corrected chi connectivity index (χ2v) is 5.60. The van der Waals surface area contributed by atoms with Crippen molar-refractivity contribution < 1.29 is 24.0 Å². The van der Waals surface area contributed by atoms with Gasteiger partial charge < -0.3 is 9.47 Å². The lowest BCUT2D eigenvalue weighted by atomic mass is 10.1. The van der Waals surface area contributed by atoms with Crippen LogP contribution in [0.2, 0.25) is 0 Å². The van der Waals surface area contributed by atoms with Gasteiger partial charge in [0.1, 0.15) is 0 Å². The van der Waals surface area contributed by atoms with E-state index >= 15 is 0 Å². The van der Waals surface area contributed by atoms with Crippen molar-refractivity contribution in [3.05, 3.63) is 45.4 Å². The average molecular weight is 334 g/mol. The molecule has 3 rings (SSSR count). The Morgan fingerprint density at radius 2 is 2.04 bits per heavy atom. The van der Waals surface area contributed by atoms with Gasteiger partial charge in [0.25, 0.3) is 16.8 Å². The Labute approximate surface area is 134 Å². The Morgan fingerprint density at radius 3 is 2.70 bits per heavy atom. The maximum Gasteiger partial charge on any atom is 0.293 e. The van der Waals surface area contributed by atoms with Crippen molar-refractivity contribution in [3.8, 4) is 11.5 Å². The summed E-state index contributed by atoms with van der Waals surface area (Å²) in [6, 6.07) is 2.66. The molecule has 118 valence electrons. The van der Waals surface area contributed by atoms with Crippen molar-refractivity contribution in [2.24, 2.45) is 0 Å². The molecule has 2 heterocycles. The lowest BCUT2D eigenvalue weighted by Gasteiger charge is -2.07. The fourth-order valence-electron chi connectivity index (χ4n) is 2.15. The summed E-state index contributed by atoms with van der Waals surface area (Å²) in [4.78, 5) is 35.7. The number of ether oxygens (including phenoxy) is 2. The fourth-order valence-corrected chi connectivity index (χ4v) is 2.99. The second kappa shape index (κ2) is 5.76. The smallest absolute Gasteiger partial charge is 0.293 e. The number of benzene rings is 1. The van der Waals surface area contributed by atoms with Crippen LogP contribution in [0.1, 0.15) is 5.56 Å². The molecule has 0 saturated carbocycles. The van der Waals surface area contributed by atoms with E-state index < -0.39 is 16.1 Å². The van der Waals surface area contributed by atoms with Crippen molar-refractivity contribution in [2.45, 2.75) is 0 Å². The summed E-state index contributed by atoms with van der Waals surface area (Å²) in [6.07, 6.45) is 2.75. The number of nitro groups is 1. The van der Waals surface area contributed by atoms with Gasteiger partial charge in [-0.1, -0.05) is 6.08 Å². The number of fused-ring (bicyclic) bond motifs is 1. The predicted molar refractivity (Wildman–Crippen MR) is 82.1 cm³/mol. The lowest BCUT2D eigenvalue weighted by molar-refractivity contribution is -0.385. The second-order valence-electron chi connectivity index (χ2n) is 4.60. The maximum absolute atomic E-state index is 12.2. The van der Waals surface area contributed by atoms with Crippen LogP contribution in [0.5, 0.6) is 11.5 Å². The number of carbonyl (C=O) groups excluding carboxylic acids is 2. The molecule has 1 aromatic carbocycles. The number of nitrogens with zero attached hydrogens (tertiary/aromatic N) is 2. The number of nitro benzene ring substituents is 1. The number of hydrogen-bond donors (Lipinski definition) is 0. The first kappa shape index (κ1) is 15.1. The van der Waals surface area contributed by atoms with Crippen LogP contribution in [0.3, 0.4) is 0 Å². The third-order valence-electron chi connectivity index (χ3n) is 3.19. The highest BCUT2D eigenvalue weighted by atomic mass is 32.2. The molecule has 0 bridgehead atoms. The first-order chi connectivity index (χ1) is 11.0. The van der Waals surface area contributed by atoms with Crippen LogP contribution < -0.4 is 9.47 Å². The third-order valence-corrected chi connectivity index (χ3v) is 4.10. The zero-order valence-corrected chi connectivity index (χ0v) is 12.5. The largest absolute Gasteiger partial charge is 0.454 e. The first-order valence-electron chi connectivity index (χ1n) is 6.45. The van der Waals surface area contributed by atoms with Gasteiger partial charge in [-0.3, -0.25) is 24.6 Å². The molecule has 0 unspecified atom stereocenters. The molecule has 1 aromatic rings. The summed E-state index contributed by atoms with van der Waals surface area (Å²) < 4.78 is 10.3. The molecule has 0 aromatic heterocycles. The normalized spacial score (nSPS) is 17.9. The maximum atomic E-state index is 12.2. The molecule has 0 spiro atoms. The van der Waals surface area contributed by atoms with E-state index in [1.807, 2.05) is 0 Å². The SMILES string of the molecule is C=CCN1C(=O)SC(=Cc2cc3c(cc2[N+](=O)[O-])OCO3)C1=O. The summed E-state index contributed by atoms with van der Waals surface area (Å²) in [5, 5.41) is 10.8. The Morgan fingerprint density at radius 1 is 1.35 bits per heavy atom. The molecule has 9 heteroatoms. The molecule has 0 radical (unpaired) electrons. The minimum Gasteiger partial charge on any atom is -0.454 e. The molecule has 0 aliphatic carbocycles. The summed E-state index contributed by atoms with van der Waals surface area (Å²) in [6.45, 7) is 3.55. The van der Waals surface area contributed by atoms with Crippen molar-refractivity contribution in [1.82, 2.24) is 4.90 Å². The molecule has 2 aliphatic heterocycles. The molecule has 2 amide bonds. The molecular weight excluding hydrogens is 324 g/mol. The standard InChI is InChI=1S/C14H10N2O6S/c1-2-3-15-13(17)12(23-14(15)18)5-8-4-10-11(22-7-21-10)6-9(8)16(19)20/h2,4-6H,1,3,7H2. The van der Waals surface area contributed by atoms with Crippen LogP contribution in [0.25, 0.3) is 6.08 Å². The van der Waals surface area contributed by atoms with E-state index in [2.05, 4.69) is 6.58 Å². The molecule has 0 N–H and O–H groups in total. The van der Waals surface area contributed by atoms with Gasteiger partial charge in [0.2, 0.25) is 6.79 Å². The monoisotopic (exact) mass is 334 g/mol. The summed E-state index contributed by atoms with van der Waals surface area (Å²) in [5.41, 5.74) is -0.0619. The molecule has 1 saturated heterocycles. The van der Waals surface area contributed by atoms with Crippen molar-refractivity contribution in [3.63, 3.8) is 0 Å². The van der Waals surface area contributed by atoms with E-state index in [-0.39, 0.29) is 35.2 Å². The lowest BCUT2D eigenvalue weighted by Crippen LogP contribution is -2.27. The van der Waals surface area contributed by atoms with Gasteiger partial charge in [-0.25, -0.2) is 0 Å². The Bertz CT molecular complexity index is 773. The number of imide groups is 1. The van der Waals surface area contributed by atoms with Crippen LogP contribution in [-0.2, 0) is 4.79 Å². The van der Waals surface area contributed by atoms with Gasteiger partial charge in [-0.15, -0.1) is 6.58 Å². The number of carbonyl (C=O) groups is 2. The van der Waals surface area contributed by atoms with Crippen LogP contribution in [0, 0.1) is 10.1 Å². The van der Waals surface area contributed by atoms with Crippen LogP contribution in [0.4, 0.5) is 10.5 Å². The highest BCUT2D eigenvalue weighted by Gasteiger charge is 2.35. The summed E-state index contributed by atoms with van der Waals surface area (Å²) >= 11 is 0.726. The fraction of sp³-hybridized carbons (Fsp3) is 0.143. The molecule has 23 heavy (non-hydrogen) atoms. The molecule has 2 aliphatic rings. The molecule has 8 nitrogen and oxygen atoms in total. The van der Waals surface area contributed by atoms with Gasteiger partial charge in [0.15, 0.2) is 11.5 Å². The van der Waals surface area contributed by atoms with Gasteiger partial charge in [0, 0.05) is 6.54 Å². The van der Waals surface area contributed by atoms with Crippen LogP contribution >= 0.6 is 11.8 Å². The van der Waals surface area contributed by atoms with Gasteiger partial charge >= 0.3 is 0 Å². The van der Waals surface area contributed by atoms with Gasteiger partial charge in [-0.2, -0.15) is 0 Å². The quantitative estimate of drug-likeness (QED) is 0.361. The van der Waals surface area contributed by atoms with Crippen LogP contribution in [0.15, 0.2) is 29.7 Å². The number of hydrogen-bond acceptors (Lipinski definition) is 7. The molecule has 1 fully saturated rings. The minimum absolute atomic E-state index is 0.0220. The average Bonchev–Trinajstić information content (AvgIpc) is 3.06.